The second-order valence-corrected chi connectivity index (χ2v) is 6.25. The zero-order valence-electron chi connectivity index (χ0n) is 11.6. The Morgan fingerprint density at radius 3 is 2.89 bits per heavy atom. The number of hydrogen-bond donors (Lipinski definition) is 1. The molecule has 2 rings (SSSR count). The van der Waals surface area contributed by atoms with Crippen molar-refractivity contribution in [2.24, 2.45) is 0 Å². The number of imidazole rings is 1. The summed E-state index contributed by atoms with van der Waals surface area (Å²) >= 11 is 2.13. The van der Waals surface area contributed by atoms with Gasteiger partial charge in [-0.05, 0) is 26.3 Å². The van der Waals surface area contributed by atoms with E-state index in [-0.39, 0.29) is 0 Å². The fourth-order valence-electron chi connectivity index (χ4n) is 2.66. The summed E-state index contributed by atoms with van der Waals surface area (Å²) in [5, 5.41) is 4.46. The molecule has 1 fully saturated rings. The van der Waals surface area contributed by atoms with Crippen LogP contribution in [0.15, 0.2) is 12.4 Å². The summed E-state index contributed by atoms with van der Waals surface area (Å²) in [6.45, 7) is 6.36. The maximum absolute atomic E-state index is 4.54. The second-order valence-electron chi connectivity index (χ2n) is 4.92. The van der Waals surface area contributed by atoms with Crippen LogP contribution in [0, 0.1) is 0 Å². The smallest absolute Gasteiger partial charge is 0.126 e. The van der Waals surface area contributed by atoms with Gasteiger partial charge < -0.3 is 9.88 Å². The van der Waals surface area contributed by atoms with Gasteiger partial charge in [0.1, 0.15) is 5.82 Å². The monoisotopic (exact) mass is 267 g/mol. The molecule has 1 aromatic rings. The number of aromatic nitrogens is 2. The number of aryl methyl sites for hydroxylation is 1. The highest BCUT2D eigenvalue weighted by molar-refractivity contribution is 7.99. The summed E-state index contributed by atoms with van der Waals surface area (Å²) in [6, 6.07) is 0.399. The zero-order chi connectivity index (χ0) is 12.8. The molecule has 1 atom stereocenters. The van der Waals surface area contributed by atoms with Crippen LogP contribution < -0.4 is 5.32 Å². The van der Waals surface area contributed by atoms with Gasteiger partial charge in [-0.25, -0.2) is 4.98 Å². The molecule has 0 aliphatic heterocycles. The molecule has 0 radical (unpaired) electrons. The van der Waals surface area contributed by atoms with Crippen molar-refractivity contribution in [2.45, 2.75) is 57.4 Å². The highest BCUT2D eigenvalue weighted by Crippen LogP contribution is 2.31. The summed E-state index contributed by atoms with van der Waals surface area (Å²) in [5.74, 6) is 2.35. The van der Waals surface area contributed by atoms with Crippen molar-refractivity contribution in [3.05, 3.63) is 18.2 Å². The van der Waals surface area contributed by atoms with Crippen LogP contribution in [0.2, 0.25) is 0 Å². The Hall–Kier alpha value is -0.480. The average molecular weight is 267 g/mol. The Labute approximate surface area is 115 Å². The van der Waals surface area contributed by atoms with Gasteiger partial charge in [0.05, 0.1) is 6.04 Å². The quantitative estimate of drug-likeness (QED) is 0.822. The van der Waals surface area contributed by atoms with E-state index in [1.54, 1.807) is 0 Å². The van der Waals surface area contributed by atoms with E-state index in [4.69, 9.17) is 0 Å². The summed E-state index contributed by atoms with van der Waals surface area (Å²) in [6.07, 6.45) is 9.67. The van der Waals surface area contributed by atoms with Gasteiger partial charge in [-0.3, -0.25) is 0 Å². The normalized spacial score (nSPS) is 18.3. The van der Waals surface area contributed by atoms with Gasteiger partial charge in [-0.2, -0.15) is 11.8 Å². The van der Waals surface area contributed by atoms with E-state index in [2.05, 4.69) is 46.7 Å². The molecule has 18 heavy (non-hydrogen) atoms. The average Bonchev–Trinajstić information content (AvgIpc) is 3.04. The Balaban J connectivity index is 1.94. The van der Waals surface area contributed by atoms with Crippen molar-refractivity contribution in [1.29, 1.82) is 0 Å². The van der Waals surface area contributed by atoms with Gasteiger partial charge in [0.2, 0.25) is 0 Å². The fraction of sp³-hybridized carbons (Fsp3) is 0.786. The van der Waals surface area contributed by atoms with E-state index < -0.39 is 0 Å². The molecule has 1 aliphatic carbocycles. The molecule has 4 heteroatoms. The Kier molecular flexibility index (Phi) is 5.57. The predicted octanol–water partition coefficient (Wildman–Crippen LogP) is 3.23. The molecule has 1 aromatic heterocycles. The molecule has 0 spiro atoms. The first-order valence-corrected chi connectivity index (χ1v) is 8.26. The molecule has 0 amide bonds. The van der Waals surface area contributed by atoms with Gasteiger partial charge in [0.15, 0.2) is 0 Å². The van der Waals surface area contributed by atoms with Gasteiger partial charge >= 0.3 is 0 Å². The standard InChI is InChI=1S/C14H25N3S/c1-3-15-13(11-18-12-7-5-6-8-12)14-16-9-10-17(14)4-2/h9-10,12-13,15H,3-8,11H2,1-2H3. The van der Waals surface area contributed by atoms with Gasteiger partial charge in [0.25, 0.3) is 0 Å². The highest BCUT2D eigenvalue weighted by atomic mass is 32.2. The number of hydrogen-bond acceptors (Lipinski definition) is 3. The summed E-state index contributed by atoms with van der Waals surface area (Å²) in [5.41, 5.74) is 0. The molecule has 3 nitrogen and oxygen atoms in total. The molecule has 1 heterocycles. The van der Waals surface area contributed by atoms with Crippen LogP contribution in [0.25, 0.3) is 0 Å². The first-order chi connectivity index (χ1) is 8.85. The maximum Gasteiger partial charge on any atom is 0.126 e. The van der Waals surface area contributed by atoms with E-state index in [0.29, 0.717) is 6.04 Å². The molecular weight excluding hydrogens is 242 g/mol. The Morgan fingerprint density at radius 2 is 2.22 bits per heavy atom. The van der Waals surface area contributed by atoms with Crippen molar-refractivity contribution >= 4 is 11.8 Å². The van der Waals surface area contributed by atoms with Crippen LogP contribution in [0.5, 0.6) is 0 Å². The molecule has 1 aliphatic rings. The third-order valence-corrected chi connectivity index (χ3v) is 5.12. The lowest BCUT2D eigenvalue weighted by Crippen LogP contribution is -2.26. The molecule has 0 saturated heterocycles. The van der Waals surface area contributed by atoms with E-state index in [9.17, 15) is 0 Å². The van der Waals surface area contributed by atoms with E-state index >= 15 is 0 Å². The van der Waals surface area contributed by atoms with E-state index in [1.807, 2.05) is 6.20 Å². The lowest BCUT2D eigenvalue weighted by molar-refractivity contribution is 0.538. The Morgan fingerprint density at radius 1 is 1.44 bits per heavy atom. The molecule has 0 aromatic carbocycles. The minimum Gasteiger partial charge on any atom is -0.334 e. The summed E-state index contributed by atoms with van der Waals surface area (Å²) in [4.78, 5) is 4.54. The predicted molar refractivity (Wildman–Crippen MR) is 79.0 cm³/mol. The van der Waals surface area contributed by atoms with Crippen LogP contribution in [-0.4, -0.2) is 27.1 Å². The molecular formula is C14H25N3S. The van der Waals surface area contributed by atoms with Gasteiger partial charge in [0, 0.05) is 29.9 Å². The lowest BCUT2D eigenvalue weighted by Gasteiger charge is -2.20. The lowest BCUT2D eigenvalue weighted by atomic mass is 10.3. The number of thioether (sulfide) groups is 1. The Bertz CT molecular complexity index is 345. The zero-order valence-corrected chi connectivity index (χ0v) is 12.4. The van der Waals surface area contributed by atoms with E-state index in [0.717, 1.165) is 24.1 Å². The molecule has 0 bridgehead atoms. The summed E-state index contributed by atoms with van der Waals surface area (Å²) < 4.78 is 2.25. The minimum absolute atomic E-state index is 0.399. The maximum atomic E-state index is 4.54. The number of nitrogens with one attached hydrogen (secondary N) is 1. The molecule has 1 unspecified atom stereocenters. The first-order valence-electron chi connectivity index (χ1n) is 7.21. The second kappa shape index (κ2) is 7.19. The number of rotatable bonds is 7. The third kappa shape index (κ3) is 3.51. The SMILES string of the molecule is CCNC(CSC1CCCC1)c1nccn1CC. The van der Waals surface area contributed by atoms with Crippen LogP contribution in [-0.2, 0) is 6.54 Å². The molecule has 1 saturated carbocycles. The third-order valence-electron chi connectivity index (χ3n) is 3.65. The van der Waals surface area contributed by atoms with Crippen molar-refractivity contribution in [3.63, 3.8) is 0 Å². The first kappa shape index (κ1) is 13.9. The molecule has 102 valence electrons. The van der Waals surface area contributed by atoms with Crippen molar-refractivity contribution in [2.75, 3.05) is 12.3 Å². The van der Waals surface area contributed by atoms with Gasteiger partial charge in [-0.1, -0.05) is 19.8 Å². The summed E-state index contributed by atoms with van der Waals surface area (Å²) in [7, 11) is 0. The van der Waals surface area contributed by atoms with Crippen molar-refractivity contribution in [3.8, 4) is 0 Å². The largest absolute Gasteiger partial charge is 0.334 e. The topological polar surface area (TPSA) is 29.9 Å². The van der Waals surface area contributed by atoms with Crippen LogP contribution in [0.3, 0.4) is 0 Å². The van der Waals surface area contributed by atoms with Crippen LogP contribution in [0.4, 0.5) is 0 Å². The van der Waals surface area contributed by atoms with E-state index in [1.165, 1.54) is 31.5 Å². The van der Waals surface area contributed by atoms with Crippen molar-refractivity contribution < 1.29 is 0 Å². The van der Waals surface area contributed by atoms with Crippen molar-refractivity contribution in [1.82, 2.24) is 14.9 Å². The van der Waals surface area contributed by atoms with Crippen LogP contribution >= 0.6 is 11.8 Å². The molecule has 1 N–H and O–H groups in total. The minimum atomic E-state index is 0.399. The number of nitrogens with zero attached hydrogens (tertiary/aromatic N) is 2. The fourth-order valence-corrected chi connectivity index (χ4v) is 4.05. The van der Waals surface area contributed by atoms with Gasteiger partial charge in [-0.15, -0.1) is 0 Å². The van der Waals surface area contributed by atoms with Crippen LogP contribution in [0.1, 0.15) is 51.4 Å². The highest BCUT2D eigenvalue weighted by Gasteiger charge is 2.20.